The highest BCUT2D eigenvalue weighted by Crippen LogP contribution is 2.16. The minimum atomic E-state index is -0.443. The van der Waals surface area contributed by atoms with Crippen LogP contribution in [0, 0.1) is 12.3 Å². The van der Waals surface area contributed by atoms with Gasteiger partial charge in [-0.15, -0.1) is 6.42 Å². The number of ether oxygens (including phenoxy) is 1. The van der Waals surface area contributed by atoms with E-state index in [1.807, 2.05) is 12.1 Å². The smallest absolute Gasteiger partial charge is 0.148 e. The lowest BCUT2D eigenvalue weighted by Crippen LogP contribution is -1.94. The van der Waals surface area contributed by atoms with Crippen molar-refractivity contribution in [1.82, 2.24) is 0 Å². The van der Waals surface area contributed by atoms with Crippen LogP contribution in [0.3, 0.4) is 0 Å². The van der Waals surface area contributed by atoms with E-state index in [4.69, 9.17) is 11.2 Å². The summed E-state index contributed by atoms with van der Waals surface area (Å²) >= 11 is 0. The van der Waals surface area contributed by atoms with E-state index in [1.165, 1.54) is 0 Å². The van der Waals surface area contributed by atoms with Crippen molar-refractivity contribution in [3.63, 3.8) is 0 Å². The highest BCUT2D eigenvalue weighted by Gasteiger charge is 1.99. The van der Waals surface area contributed by atoms with Crippen molar-refractivity contribution in [2.75, 3.05) is 6.61 Å². The fourth-order valence-corrected chi connectivity index (χ4v) is 0.968. The molecule has 0 spiro atoms. The van der Waals surface area contributed by atoms with Gasteiger partial charge in [-0.25, -0.2) is 0 Å². The Morgan fingerprint density at radius 1 is 1.46 bits per heavy atom. The standard InChI is InChI=1S/C11H12O2/c1-3-8-13-11-6-4-10(5-7-11)9(2)12/h1,4-7,9,12H,8H2,2H3/t9-/m1/s1. The normalized spacial score (nSPS) is 11.8. The summed E-state index contributed by atoms with van der Waals surface area (Å²) in [6, 6.07) is 7.21. The summed E-state index contributed by atoms with van der Waals surface area (Å²) in [5.41, 5.74) is 0.869. The molecule has 0 saturated heterocycles. The van der Waals surface area contributed by atoms with Crippen molar-refractivity contribution in [1.29, 1.82) is 0 Å². The Morgan fingerprint density at radius 3 is 2.54 bits per heavy atom. The zero-order valence-corrected chi connectivity index (χ0v) is 7.53. The van der Waals surface area contributed by atoms with Gasteiger partial charge >= 0.3 is 0 Å². The van der Waals surface area contributed by atoms with Gasteiger partial charge in [0.05, 0.1) is 6.10 Å². The van der Waals surface area contributed by atoms with E-state index in [9.17, 15) is 5.11 Å². The molecule has 1 aromatic carbocycles. The Labute approximate surface area is 78.2 Å². The van der Waals surface area contributed by atoms with Crippen molar-refractivity contribution in [3.8, 4) is 18.1 Å². The van der Waals surface area contributed by atoms with Crippen LogP contribution in [0.25, 0.3) is 0 Å². The molecule has 0 aliphatic carbocycles. The van der Waals surface area contributed by atoms with Crippen LogP contribution in [-0.2, 0) is 0 Å². The molecule has 1 atom stereocenters. The van der Waals surface area contributed by atoms with Crippen molar-refractivity contribution < 1.29 is 9.84 Å². The second-order valence-corrected chi connectivity index (χ2v) is 2.74. The lowest BCUT2D eigenvalue weighted by molar-refractivity contribution is 0.199. The molecule has 0 fully saturated rings. The number of hydrogen-bond acceptors (Lipinski definition) is 2. The molecular formula is C11H12O2. The Bertz CT molecular complexity index is 293. The van der Waals surface area contributed by atoms with Gasteiger partial charge in [-0.2, -0.15) is 0 Å². The lowest BCUT2D eigenvalue weighted by atomic mass is 10.1. The molecule has 1 rings (SSSR count). The van der Waals surface area contributed by atoms with E-state index < -0.39 is 6.10 Å². The SMILES string of the molecule is C#CCOc1ccc([C@@H](C)O)cc1. The van der Waals surface area contributed by atoms with Crippen molar-refractivity contribution in [2.45, 2.75) is 13.0 Å². The van der Waals surface area contributed by atoms with Crippen LogP contribution in [0.1, 0.15) is 18.6 Å². The van der Waals surface area contributed by atoms with Gasteiger partial charge in [0, 0.05) is 0 Å². The maximum atomic E-state index is 9.22. The molecule has 1 aromatic rings. The zero-order chi connectivity index (χ0) is 9.68. The van der Waals surface area contributed by atoms with Gasteiger partial charge in [-0.1, -0.05) is 18.1 Å². The summed E-state index contributed by atoms with van der Waals surface area (Å²) in [6.45, 7) is 1.99. The average molecular weight is 176 g/mol. The largest absolute Gasteiger partial charge is 0.481 e. The highest BCUT2D eigenvalue weighted by atomic mass is 16.5. The Hall–Kier alpha value is -1.46. The maximum Gasteiger partial charge on any atom is 0.148 e. The number of terminal acetylenes is 1. The number of aliphatic hydroxyl groups excluding tert-OH is 1. The van der Waals surface area contributed by atoms with Crippen molar-refractivity contribution >= 4 is 0 Å². The van der Waals surface area contributed by atoms with Crippen LogP contribution in [0.15, 0.2) is 24.3 Å². The summed E-state index contributed by atoms with van der Waals surface area (Å²) in [4.78, 5) is 0. The van der Waals surface area contributed by atoms with E-state index in [2.05, 4.69) is 5.92 Å². The minimum Gasteiger partial charge on any atom is -0.481 e. The topological polar surface area (TPSA) is 29.5 Å². The predicted octanol–water partition coefficient (Wildman–Crippen LogP) is 1.75. The molecule has 0 unspecified atom stereocenters. The van der Waals surface area contributed by atoms with Crippen molar-refractivity contribution in [3.05, 3.63) is 29.8 Å². The molecule has 68 valence electrons. The molecule has 0 aliphatic heterocycles. The maximum absolute atomic E-state index is 9.22. The zero-order valence-electron chi connectivity index (χ0n) is 7.53. The van der Waals surface area contributed by atoms with E-state index in [0.29, 0.717) is 0 Å². The van der Waals surface area contributed by atoms with E-state index in [0.717, 1.165) is 11.3 Å². The third-order valence-corrected chi connectivity index (χ3v) is 1.68. The number of rotatable bonds is 3. The second-order valence-electron chi connectivity index (χ2n) is 2.74. The summed E-state index contributed by atoms with van der Waals surface area (Å²) < 4.78 is 5.17. The molecule has 13 heavy (non-hydrogen) atoms. The first kappa shape index (κ1) is 9.63. The summed E-state index contributed by atoms with van der Waals surface area (Å²) in [5.74, 6) is 3.11. The van der Waals surface area contributed by atoms with Crippen LogP contribution in [0.5, 0.6) is 5.75 Å². The van der Waals surface area contributed by atoms with Crippen molar-refractivity contribution in [2.24, 2.45) is 0 Å². The molecule has 0 amide bonds. The predicted molar refractivity (Wildman–Crippen MR) is 51.4 cm³/mol. The first-order valence-electron chi connectivity index (χ1n) is 4.08. The summed E-state index contributed by atoms with van der Waals surface area (Å²) in [5, 5.41) is 9.22. The van der Waals surface area contributed by atoms with Crippen LogP contribution < -0.4 is 4.74 Å². The third kappa shape index (κ3) is 2.81. The highest BCUT2D eigenvalue weighted by molar-refractivity contribution is 5.28. The molecule has 2 nitrogen and oxygen atoms in total. The number of hydrogen-bond donors (Lipinski definition) is 1. The van der Waals surface area contributed by atoms with Gasteiger partial charge in [-0.05, 0) is 24.6 Å². The first-order chi connectivity index (χ1) is 6.24. The van der Waals surface area contributed by atoms with Gasteiger partial charge in [0.15, 0.2) is 0 Å². The molecular weight excluding hydrogens is 164 g/mol. The quantitative estimate of drug-likeness (QED) is 0.711. The third-order valence-electron chi connectivity index (χ3n) is 1.68. The van der Waals surface area contributed by atoms with Gasteiger partial charge in [-0.3, -0.25) is 0 Å². The molecule has 0 bridgehead atoms. The fourth-order valence-electron chi connectivity index (χ4n) is 0.968. The van der Waals surface area contributed by atoms with E-state index >= 15 is 0 Å². The first-order valence-corrected chi connectivity index (χ1v) is 4.08. The van der Waals surface area contributed by atoms with Gasteiger partial charge in [0.25, 0.3) is 0 Å². The fraction of sp³-hybridized carbons (Fsp3) is 0.273. The van der Waals surface area contributed by atoms with E-state index in [1.54, 1.807) is 19.1 Å². The Morgan fingerprint density at radius 2 is 2.08 bits per heavy atom. The molecule has 1 N–H and O–H groups in total. The van der Waals surface area contributed by atoms with Crippen LogP contribution in [0.4, 0.5) is 0 Å². The van der Waals surface area contributed by atoms with Crippen LogP contribution >= 0.6 is 0 Å². The number of aliphatic hydroxyl groups is 1. The Kier molecular flexibility index (Phi) is 3.36. The average Bonchev–Trinajstić information content (AvgIpc) is 2.15. The van der Waals surface area contributed by atoms with Crippen LogP contribution in [0.2, 0.25) is 0 Å². The monoisotopic (exact) mass is 176 g/mol. The summed E-state index contributed by atoms with van der Waals surface area (Å²) in [6.07, 6.45) is 4.60. The Balaban J connectivity index is 2.65. The number of benzene rings is 1. The lowest BCUT2D eigenvalue weighted by Gasteiger charge is -2.06. The second kappa shape index (κ2) is 4.54. The van der Waals surface area contributed by atoms with Crippen LogP contribution in [-0.4, -0.2) is 11.7 Å². The van der Waals surface area contributed by atoms with Gasteiger partial charge < -0.3 is 9.84 Å². The minimum absolute atomic E-state index is 0.272. The molecule has 0 heterocycles. The molecule has 0 saturated carbocycles. The molecule has 0 radical (unpaired) electrons. The summed E-state index contributed by atoms with van der Waals surface area (Å²) in [7, 11) is 0. The molecule has 0 aromatic heterocycles. The van der Waals surface area contributed by atoms with E-state index in [-0.39, 0.29) is 6.61 Å². The molecule has 2 heteroatoms. The van der Waals surface area contributed by atoms with Gasteiger partial charge in [0.2, 0.25) is 0 Å². The molecule has 0 aliphatic rings. The van der Waals surface area contributed by atoms with Gasteiger partial charge in [0.1, 0.15) is 12.4 Å².